The van der Waals surface area contributed by atoms with Gasteiger partial charge < -0.3 is 9.84 Å². The van der Waals surface area contributed by atoms with Gasteiger partial charge in [-0.25, -0.2) is 0 Å². The molecule has 0 saturated heterocycles. The molecule has 15 heavy (non-hydrogen) atoms. The number of hydrogen-bond acceptors (Lipinski definition) is 4. The second kappa shape index (κ2) is 4.89. The van der Waals surface area contributed by atoms with Crippen molar-refractivity contribution in [2.24, 2.45) is 0 Å². The minimum Gasteiger partial charge on any atom is -0.469 e. The summed E-state index contributed by atoms with van der Waals surface area (Å²) in [6, 6.07) is 5.24. The molecule has 0 aliphatic carbocycles. The van der Waals surface area contributed by atoms with Gasteiger partial charge in [0.1, 0.15) is 5.60 Å². The molecule has 1 rings (SSSR count). The molecule has 1 aromatic heterocycles. The van der Waals surface area contributed by atoms with E-state index in [1.54, 1.807) is 31.3 Å². The second-order valence-corrected chi connectivity index (χ2v) is 3.35. The van der Waals surface area contributed by atoms with E-state index in [9.17, 15) is 9.90 Å². The number of nitrogens with zero attached hydrogens (tertiary/aromatic N) is 1. The number of rotatable bonds is 4. The summed E-state index contributed by atoms with van der Waals surface area (Å²) < 4.78 is 4.54. The molecule has 4 nitrogen and oxygen atoms in total. The Morgan fingerprint density at radius 1 is 1.60 bits per heavy atom. The Morgan fingerprint density at radius 3 is 2.80 bits per heavy atom. The number of aliphatic hydroxyl groups is 1. The number of carbonyl (C=O) groups is 1. The molecule has 0 spiro atoms. The lowest BCUT2D eigenvalue weighted by Crippen LogP contribution is -2.29. The van der Waals surface area contributed by atoms with Crippen LogP contribution in [0.5, 0.6) is 0 Å². The monoisotopic (exact) mass is 209 g/mol. The summed E-state index contributed by atoms with van der Waals surface area (Å²) in [4.78, 5) is 15.2. The Kier molecular flexibility index (Phi) is 3.80. The third-order valence-corrected chi connectivity index (χ3v) is 2.39. The molecule has 82 valence electrons. The van der Waals surface area contributed by atoms with Crippen LogP contribution in [0.3, 0.4) is 0 Å². The third-order valence-electron chi connectivity index (χ3n) is 2.39. The van der Waals surface area contributed by atoms with Crippen LogP contribution in [0.25, 0.3) is 0 Å². The maximum absolute atomic E-state index is 11.1. The number of aromatic nitrogens is 1. The van der Waals surface area contributed by atoms with Crippen LogP contribution in [0.2, 0.25) is 0 Å². The van der Waals surface area contributed by atoms with Gasteiger partial charge in [-0.3, -0.25) is 9.78 Å². The van der Waals surface area contributed by atoms with Crippen LogP contribution in [-0.4, -0.2) is 23.2 Å². The molecule has 0 fully saturated rings. The van der Waals surface area contributed by atoms with E-state index in [0.717, 1.165) is 0 Å². The Morgan fingerprint density at radius 2 is 2.33 bits per heavy atom. The predicted molar refractivity (Wildman–Crippen MR) is 55.1 cm³/mol. The lowest BCUT2D eigenvalue weighted by molar-refractivity contribution is -0.147. The number of ether oxygens (including phenoxy) is 1. The van der Waals surface area contributed by atoms with Crippen molar-refractivity contribution in [3.8, 4) is 0 Å². The number of methoxy groups -OCH3 is 1. The van der Waals surface area contributed by atoms with Gasteiger partial charge >= 0.3 is 5.97 Å². The molecule has 0 aliphatic rings. The average Bonchev–Trinajstić information content (AvgIpc) is 2.30. The minimum absolute atomic E-state index is 0.0724. The fraction of sp³-hybridized carbons (Fsp3) is 0.455. The molecular formula is C11H15NO3. The molecule has 1 atom stereocenters. The molecule has 1 heterocycles. The van der Waals surface area contributed by atoms with E-state index in [0.29, 0.717) is 12.1 Å². The highest BCUT2D eigenvalue weighted by Gasteiger charge is 2.31. The molecule has 0 radical (unpaired) electrons. The number of carbonyl (C=O) groups excluding carboxylic acids is 1. The van der Waals surface area contributed by atoms with Gasteiger partial charge in [-0.05, 0) is 18.6 Å². The highest BCUT2D eigenvalue weighted by Crippen LogP contribution is 2.26. The van der Waals surface area contributed by atoms with Gasteiger partial charge in [0.15, 0.2) is 0 Å². The van der Waals surface area contributed by atoms with E-state index < -0.39 is 11.6 Å². The van der Waals surface area contributed by atoms with E-state index in [1.165, 1.54) is 7.11 Å². The summed E-state index contributed by atoms with van der Waals surface area (Å²) in [7, 11) is 1.30. The van der Waals surface area contributed by atoms with Crippen LogP contribution < -0.4 is 0 Å². The van der Waals surface area contributed by atoms with Crippen LogP contribution in [0.4, 0.5) is 0 Å². The van der Waals surface area contributed by atoms with E-state index in [2.05, 4.69) is 9.72 Å². The van der Waals surface area contributed by atoms with Crippen LogP contribution in [0.15, 0.2) is 24.4 Å². The molecule has 0 aromatic carbocycles. The molecule has 1 unspecified atom stereocenters. The SMILES string of the molecule is CCC(O)(CC(=O)OC)c1ccccn1. The molecular weight excluding hydrogens is 194 g/mol. The van der Waals surface area contributed by atoms with Crippen LogP contribution in [0.1, 0.15) is 25.5 Å². The van der Waals surface area contributed by atoms with Crippen molar-refractivity contribution >= 4 is 5.97 Å². The normalized spacial score (nSPS) is 14.3. The van der Waals surface area contributed by atoms with Crippen molar-refractivity contribution in [2.75, 3.05) is 7.11 Å². The maximum Gasteiger partial charge on any atom is 0.308 e. The van der Waals surface area contributed by atoms with Gasteiger partial charge in [0.2, 0.25) is 0 Å². The quantitative estimate of drug-likeness (QED) is 0.758. The predicted octanol–water partition coefficient (Wildman–Crippen LogP) is 1.24. The van der Waals surface area contributed by atoms with Gasteiger partial charge in [-0.15, -0.1) is 0 Å². The van der Waals surface area contributed by atoms with Gasteiger partial charge in [0.05, 0.1) is 19.2 Å². The van der Waals surface area contributed by atoms with Gasteiger partial charge in [-0.1, -0.05) is 13.0 Å². The van der Waals surface area contributed by atoms with E-state index >= 15 is 0 Å². The van der Waals surface area contributed by atoms with E-state index in [1.807, 2.05) is 0 Å². The Labute approximate surface area is 88.9 Å². The first-order valence-corrected chi connectivity index (χ1v) is 4.83. The zero-order chi connectivity index (χ0) is 11.3. The van der Waals surface area contributed by atoms with Gasteiger partial charge in [0.25, 0.3) is 0 Å². The standard InChI is InChI=1S/C11H15NO3/c1-3-11(14,8-10(13)15-2)9-6-4-5-7-12-9/h4-7,14H,3,8H2,1-2H3. The molecule has 0 aliphatic heterocycles. The Hall–Kier alpha value is -1.42. The molecule has 1 aromatic rings. The lowest BCUT2D eigenvalue weighted by atomic mass is 9.92. The van der Waals surface area contributed by atoms with E-state index in [4.69, 9.17) is 0 Å². The van der Waals surface area contributed by atoms with E-state index in [-0.39, 0.29) is 6.42 Å². The van der Waals surface area contributed by atoms with Crippen molar-refractivity contribution in [2.45, 2.75) is 25.4 Å². The Bertz CT molecular complexity index is 326. The lowest BCUT2D eigenvalue weighted by Gasteiger charge is -2.24. The number of esters is 1. The summed E-state index contributed by atoms with van der Waals surface area (Å²) in [5.41, 5.74) is -0.730. The fourth-order valence-electron chi connectivity index (χ4n) is 1.35. The maximum atomic E-state index is 11.1. The molecule has 4 heteroatoms. The van der Waals surface area contributed by atoms with Crippen molar-refractivity contribution in [3.63, 3.8) is 0 Å². The molecule has 1 N–H and O–H groups in total. The molecule has 0 saturated carbocycles. The van der Waals surface area contributed by atoms with Crippen LogP contribution in [0, 0.1) is 0 Å². The summed E-state index contributed by atoms with van der Waals surface area (Å²) in [5, 5.41) is 10.2. The summed E-state index contributed by atoms with van der Waals surface area (Å²) >= 11 is 0. The van der Waals surface area contributed by atoms with Crippen molar-refractivity contribution in [1.82, 2.24) is 4.98 Å². The van der Waals surface area contributed by atoms with Gasteiger partial charge in [-0.2, -0.15) is 0 Å². The van der Waals surface area contributed by atoms with Crippen LogP contribution >= 0.6 is 0 Å². The molecule has 0 bridgehead atoms. The first kappa shape index (κ1) is 11.7. The number of pyridine rings is 1. The highest BCUT2D eigenvalue weighted by molar-refractivity contribution is 5.70. The average molecular weight is 209 g/mol. The van der Waals surface area contributed by atoms with Crippen molar-refractivity contribution < 1.29 is 14.6 Å². The second-order valence-electron chi connectivity index (χ2n) is 3.35. The van der Waals surface area contributed by atoms with Crippen LogP contribution in [-0.2, 0) is 15.1 Å². The minimum atomic E-state index is -1.23. The first-order chi connectivity index (χ1) is 7.12. The smallest absolute Gasteiger partial charge is 0.308 e. The van der Waals surface area contributed by atoms with Crippen molar-refractivity contribution in [1.29, 1.82) is 0 Å². The first-order valence-electron chi connectivity index (χ1n) is 4.83. The zero-order valence-corrected chi connectivity index (χ0v) is 8.93. The topological polar surface area (TPSA) is 59.4 Å². The zero-order valence-electron chi connectivity index (χ0n) is 8.93. The summed E-state index contributed by atoms with van der Waals surface area (Å²) in [6.45, 7) is 1.80. The fourth-order valence-corrected chi connectivity index (χ4v) is 1.35. The van der Waals surface area contributed by atoms with Crippen molar-refractivity contribution in [3.05, 3.63) is 30.1 Å². The highest BCUT2D eigenvalue weighted by atomic mass is 16.5. The third kappa shape index (κ3) is 2.76. The summed E-state index contributed by atoms with van der Waals surface area (Å²) in [5.74, 6) is -0.440. The largest absolute Gasteiger partial charge is 0.469 e. The Balaban J connectivity index is 2.90. The summed E-state index contributed by atoms with van der Waals surface area (Å²) in [6.07, 6.45) is 1.93. The number of hydrogen-bond donors (Lipinski definition) is 1. The molecule has 0 amide bonds. The van der Waals surface area contributed by atoms with Gasteiger partial charge in [0, 0.05) is 6.20 Å².